The summed E-state index contributed by atoms with van der Waals surface area (Å²) < 4.78 is 1.70. The van der Waals surface area contributed by atoms with Gasteiger partial charge in [-0.2, -0.15) is 5.10 Å². The summed E-state index contributed by atoms with van der Waals surface area (Å²) in [6.07, 6.45) is 4.64. The van der Waals surface area contributed by atoms with Crippen molar-refractivity contribution < 1.29 is 9.59 Å². The molecule has 0 spiro atoms. The van der Waals surface area contributed by atoms with Crippen molar-refractivity contribution in [1.82, 2.24) is 20.0 Å². The molecule has 0 aliphatic carbocycles. The summed E-state index contributed by atoms with van der Waals surface area (Å²) in [6.45, 7) is 2.54. The molecule has 1 aromatic heterocycles. The maximum Gasteiger partial charge on any atom is 0.225 e. The lowest BCUT2D eigenvalue weighted by Crippen LogP contribution is -2.47. The van der Waals surface area contributed by atoms with Gasteiger partial charge in [0.25, 0.3) is 0 Å². The van der Waals surface area contributed by atoms with Crippen molar-refractivity contribution in [2.75, 3.05) is 13.6 Å². The highest BCUT2D eigenvalue weighted by atomic mass is 16.2. The number of aromatic nitrogens is 2. The summed E-state index contributed by atoms with van der Waals surface area (Å²) in [4.78, 5) is 25.9. The highest BCUT2D eigenvalue weighted by molar-refractivity contribution is 5.84. The van der Waals surface area contributed by atoms with E-state index in [2.05, 4.69) is 10.4 Å². The fourth-order valence-electron chi connectivity index (χ4n) is 2.79. The highest BCUT2D eigenvalue weighted by Gasteiger charge is 2.40. The van der Waals surface area contributed by atoms with Crippen LogP contribution in [0.5, 0.6) is 0 Å². The van der Waals surface area contributed by atoms with Gasteiger partial charge in [-0.15, -0.1) is 0 Å². The SMILES string of the molecule is CCN1C(=O)CC[C@H](C(=O)NC)[C@H]1c1cnn(C)c1. The standard InChI is InChI=1S/C13H20N4O2/c1-4-17-11(18)6-5-10(13(19)14-2)12(17)9-7-15-16(3)8-9/h7-8,10,12H,4-6H2,1-3H3,(H,14,19)/t10-,12+/m0/s1. The van der Waals surface area contributed by atoms with E-state index in [0.29, 0.717) is 19.4 Å². The summed E-state index contributed by atoms with van der Waals surface area (Å²) in [5, 5.41) is 6.85. The molecule has 1 aliphatic heterocycles. The minimum Gasteiger partial charge on any atom is -0.359 e. The van der Waals surface area contributed by atoms with Gasteiger partial charge in [0.15, 0.2) is 0 Å². The fraction of sp³-hybridized carbons (Fsp3) is 0.615. The predicted octanol–water partition coefficient (Wildman–Crippen LogP) is 0.466. The zero-order valence-electron chi connectivity index (χ0n) is 11.6. The molecule has 1 N–H and O–H groups in total. The van der Waals surface area contributed by atoms with Gasteiger partial charge in [-0.3, -0.25) is 14.3 Å². The number of likely N-dealkylation sites (tertiary alicyclic amines) is 1. The average molecular weight is 264 g/mol. The average Bonchev–Trinajstić information content (AvgIpc) is 2.83. The first kappa shape index (κ1) is 13.6. The molecule has 2 heterocycles. The second-order valence-corrected chi connectivity index (χ2v) is 4.83. The van der Waals surface area contributed by atoms with Crippen molar-refractivity contribution in [1.29, 1.82) is 0 Å². The van der Waals surface area contributed by atoms with Gasteiger partial charge in [-0.05, 0) is 13.3 Å². The Kier molecular flexibility index (Phi) is 3.87. The van der Waals surface area contributed by atoms with E-state index in [1.54, 1.807) is 22.8 Å². The first-order valence-corrected chi connectivity index (χ1v) is 6.58. The molecule has 104 valence electrons. The van der Waals surface area contributed by atoms with E-state index in [1.807, 2.05) is 20.2 Å². The maximum atomic E-state index is 12.0. The van der Waals surface area contributed by atoms with Crippen molar-refractivity contribution in [2.24, 2.45) is 13.0 Å². The van der Waals surface area contributed by atoms with Gasteiger partial charge in [0.05, 0.1) is 18.2 Å². The Labute approximate surface area is 112 Å². The van der Waals surface area contributed by atoms with Crippen molar-refractivity contribution in [3.05, 3.63) is 18.0 Å². The minimum absolute atomic E-state index is 0.0141. The van der Waals surface area contributed by atoms with Crippen LogP contribution >= 0.6 is 0 Å². The van der Waals surface area contributed by atoms with Crippen LogP contribution < -0.4 is 5.32 Å². The molecule has 0 radical (unpaired) electrons. The van der Waals surface area contributed by atoms with E-state index in [1.165, 1.54) is 0 Å². The summed E-state index contributed by atoms with van der Waals surface area (Å²) in [5.74, 6) is -0.108. The Balaban J connectivity index is 2.38. The molecular weight excluding hydrogens is 244 g/mol. The van der Waals surface area contributed by atoms with Crippen molar-refractivity contribution >= 4 is 11.8 Å². The molecule has 0 saturated carbocycles. The van der Waals surface area contributed by atoms with Crippen LogP contribution in [0.1, 0.15) is 31.4 Å². The van der Waals surface area contributed by atoms with Crippen LogP contribution in [0.2, 0.25) is 0 Å². The summed E-state index contributed by atoms with van der Waals surface area (Å²) >= 11 is 0. The maximum absolute atomic E-state index is 12.0. The summed E-state index contributed by atoms with van der Waals surface area (Å²) in [6, 6.07) is -0.208. The third kappa shape index (κ3) is 2.47. The van der Waals surface area contributed by atoms with Gasteiger partial charge < -0.3 is 10.2 Å². The van der Waals surface area contributed by atoms with Crippen LogP contribution in [0, 0.1) is 5.92 Å². The third-order valence-electron chi connectivity index (χ3n) is 3.70. The van der Waals surface area contributed by atoms with Gasteiger partial charge in [0.1, 0.15) is 0 Å². The lowest BCUT2D eigenvalue weighted by atomic mass is 9.84. The number of nitrogens with zero attached hydrogens (tertiary/aromatic N) is 3. The van der Waals surface area contributed by atoms with Crippen molar-refractivity contribution in [2.45, 2.75) is 25.8 Å². The number of piperidine rings is 1. The van der Waals surface area contributed by atoms with Crippen LogP contribution in [0.4, 0.5) is 0 Å². The Morgan fingerprint density at radius 1 is 1.58 bits per heavy atom. The van der Waals surface area contributed by atoms with Crippen LogP contribution in [0.25, 0.3) is 0 Å². The van der Waals surface area contributed by atoms with E-state index in [0.717, 1.165) is 5.56 Å². The Hall–Kier alpha value is -1.85. The number of aryl methyl sites for hydroxylation is 1. The molecule has 0 bridgehead atoms. The van der Waals surface area contributed by atoms with Crippen LogP contribution in [-0.2, 0) is 16.6 Å². The fourth-order valence-corrected chi connectivity index (χ4v) is 2.79. The number of carbonyl (C=O) groups is 2. The molecule has 6 nitrogen and oxygen atoms in total. The molecule has 0 aromatic carbocycles. The Morgan fingerprint density at radius 3 is 2.84 bits per heavy atom. The molecule has 2 amide bonds. The number of carbonyl (C=O) groups excluding carboxylic acids is 2. The number of hydrogen-bond donors (Lipinski definition) is 1. The topological polar surface area (TPSA) is 67.2 Å². The number of rotatable bonds is 3. The van der Waals surface area contributed by atoms with Gasteiger partial charge in [-0.1, -0.05) is 0 Å². The lowest BCUT2D eigenvalue weighted by Gasteiger charge is -2.39. The van der Waals surface area contributed by atoms with Crippen LogP contribution in [0.15, 0.2) is 12.4 Å². The van der Waals surface area contributed by atoms with E-state index in [4.69, 9.17) is 0 Å². The van der Waals surface area contributed by atoms with E-state index in [-0.39, 0.29) is 23.8 Å². The number of hydrogen-bond acceptors (Lipinski definition) is 3. The van der Waals surface area contributed by atoms with Gasteiger partial charge in [0, 0.05) is 38.8 Å². The van der Waals surface area contributed by atoms with Gasteiger partial charge >= 0.3 is 0 Å². The number of nitrogens with one attached hydrogen (secondary N) is 1. The monoisotopic (exact) mass is 264 g/mol. The quantitative estimate of drug-likeness (QED) is 0.862. The summed E-state index contributed by atoms with van der Waals surface area (Å²) in [5.41, 5.74) is 0.922. The molecule has 1 saturated heterocycles. The molecular formula is C13H20N4O2. The first-order valence-electron chi connectivity index (χ1n) is 6.58. The normalized spacial score (nSPS) is 23.5. The molecule has 1 fully saturated rings. The van der Waals surface area contributed by atoms with Gasteiger partial charge in [-0.25, -0.2) is 0 Å². The largest absolute Gasteiger partial charge is 0.359 e. The molecule has 2 atom stereocenters. The second kappa shape index (κ2) is 5.42. The highest BCUT2D eigenvalue weighted by Crippen LogP contribution is 2.36. The lowest BCUT2D eigenvalue weighted by molar-refractivity contribution is -0.143. The second-order valence-electron chi connectivity index (χ2n) is 4.83. The zero-order chi connectivity index (χ0) is 14.0. The van der Waals surface area contributed by atoms with E-state index in [9.17, 15) is 9.59 Å². The first-order chi connectivity index (χ1) is 9.08. The van der Waals surface area contributed by atoms with Crippen molar-refractivity contribution in [3.8, 4) is 0 Å². The van der Waals surface area contributed by atoms with Gasteiger partial charge in [0.2, 0.25) is 11.8 Å². The molecule has 6 heteroatoms. The molecule has 19 heavy (non-hydrogen) atoms. The van der Waals surface area contributed by atoms with Crippen LogP contribution in [-0.4, -0.2) is 40.1 Å². The molecule has 1 aromatic rings. The smallest absolute Gasteiger partial charge is 0.225 e. The number of amides is 2. The molecule has 1 aliphatic rings. The van der Waals surface area contributed by atoms with E-state index >= 15 is 0 Å². The predicted molar refractivity (Wildman–Crippen MR) is 70.1 cm³/mol. The molecule has 2 rings (SSSR count). The Bertz CT molecular complexity index is 483. The van der Waals surface area contributed by atoms with Crippen molar-refractivity contribution in [3.63, 3.8) is 0 Å². The molecule has 0 unspecified atom stereocenters. The summed E-state index contributed by atoms with van der Waals surface area (Å²) in [7, 11) is 3.47. The van der Waals surface area contributed by atoms with E-state index < -0.39 is 0 Å². The Morgan fingerprint density at radius 2 is 2.32 bits per heavy atom. The van der Waals surface area contributed by atoms with Crippen LogP contribution in [0.3, 0.4) is 0 Å². The zero-order valence-corrected chi connectivity index (χ0v) is 11.6. The minimum atomic E-state index is -0.208. The third-order valence-corrected chi connectivity index (χ3v) is 3.70.